The molecule has 0 saturated carbocycles. The van der Waals surface area contributed by atoms with Gasteiger partial charge in [0, 0.05) is 17.1 Å². The Morgan fingerprint density at radius 1 is 1.40 bits per heavy atom. The highest BCUT2D eigenvalue weighted by Gasteiger charge is 2.31. The van der Waals surface area contributed by atoms with Crippen LogP contribution in [0.4, 0.5) is 13.2 Å². The van der Waals surface area contributed by atoms with Crippen LogP contribution >= 0.6 is 15.9 Å². The van der Waals surface area contributed by atoms with Crippen LogP contribution in [0, 0.1) is 0 Å². The number of piperidine rings is 1. The van der Waals surface area contributed by atoms with E-state index in [2.05, 4.69) is 26.6 Å². The summed E-state index contributed by atoms with van der Waals surface area (Å²) in [4.78, 5) is 12.1. The maximum absolute atomic E-state index is 12.7. The number of amides is 1. The molecule has 0 aliphatic carbocycles. The fraction of sp³-hybridized carbons (Fsp3) is 0.462. The zero-order chi connectivity index (χ0) is 14.8. The van der Waals surface area contributed by atoms with Crippen molar-refractivity contribution in [2.24, 2.45) is 0 Å². The van der Waals surface area contributed by atoms with Gasteiger partial charge in [-0.2, -0.15) is 13.2 Å². The number of halogens is 4. The Kier molecular flexibility index (Phi) is 4.70. The van der Waals surface area contributed by atoms with Gasteiger partial charge in [-0.15, -0.1) is 0 Å². The van der Waals surface area contributed by atoms with E-state index < -0.39 is 17.6 Å². The molecule has 1 aliphatic heterocycles. The fourth-order valence-electron chi connectivity index (χ4n) is 2.11. The second-order valence-electron chi connectivity index (χ2n) is 4.71. The zero-order valence-electron chi connectivity index (χ0n) is 10.6. The maximum atomic E-state index is 12.7. The molecular formula is C13H14BrF3N2O. The summed E-state index contributed by atoms with van der Waals surface area (Å²) in [5, 5.41) is 5.89. The average molecular weight is 351 g/mol. The predicted octanol–water partition coefficient (Wildman–Crippen LogP) is 2.95. The van der Waals surface area contributed by atoms with Gasteiger partial charge in [0.2, 0.25) is 0 Å². The summed E-state index contributed by atoms with van der Waals surface area (Å²) >= 11 is 3.12. The SMILES string of the molecule is O=C(N[C@H]1CCCNC1)c1cc(C(F)(F)F)ccc1Br. The monoisotopic (exact) mass is 350 g/mol. The normalized spacial score (nSPS) is 19.7. The van der Waals surface area contributed by atoms with Gasteiger partial charge >= 0.3 is 6.18 Å². The quantitative estimate of drug-likeness (QED) is 0.860. The number of nitrogens with one attached hydrogen (secondary N) is 2. The lowest BCUT2D eigenvalue weighted by Gasteiger charge is -2.24. The van der Waals surface area contributed by atoms with Gasteiger partial charge in [0.1, 0.15) is 0 Å². The van der Waals surface area contributed by atoms with Crippen molar-refractivity contribution >= 4 is 21.8 Å². The summed E-state index contributed by atoms with van der Waals surface area (Å²) in [5.41, 5.74) is -0.821. The molecule has 1 aromatic rings. The minimum atomic E-state index is -4.46. The summed E-state index contributed by atoms with van der Waals surface area (Å²) in [6, 6.07) is 3.02. The van der Waals surface area contributed by atoms with Gasteiger partial charge in [-0.05, 0) is 53.5 Å². The largest absolute Gasteiger partial charge is 0.416 e. The summed E-state index contributed by atoms with van der Waals surface area (Å²) in [7, 11) is 0. The topological polar surface area (TPSA) is 41.1 Å². The van der Waals surface area contributed by atoms with E-state index >= 15 is 0 Å². The van der Waals surface area contributed by atoms with E-state index in [-0.39, 0.29) is 11.6 Å². The molecule has 1 saturated heterocycles. The van der Waals surface area contributed by atoms with Crippen LogP contribution in [0.25, 0.3) is 0 Å². The van der Waals surface area contributed by atoms with E-state index in [1.165, 1.54) is 6.07 Å². The van der Waals surface area contributed by atoms with Gasteiger partial charge in [0.25, 0.3) is 5.91 Å². The van der Waals surface area contributed by atoms with E-state index in [4.69, 9.17) is 0 Å². The molecule has 1 aromatic carbocycles. The minimum Gasteiger partial charge on any atom is -0.348 e. The van der Waals surface area contributed by atoms with E-state index in [0.29, 0.717) is 11.0 Å². The first kappa shape index (κ1) is 15.3. The maximum Gasteiger partial charge on any atom is 0.416 e. The molecule has 1 fully saturated rings. The van der Waals surface area contributed by atoms with Crippen molar-refractivity contribution in [3.8, 4) is 0 Å². The van der Waals surface area contributed by atoms with Crippen LogP contribution in [0.15, 0.2) is 22.7 Å². The van der Waals surface area contributed by atoms with Crippen LogP contribution in [0.3, 0.4) is 0 Å². The van der Waals surface area contributed by atoms with Crippen molar-refractivity contribution in [3.05, 3.63) is 33.8 Å². The first-order valence-corrected chi connectivity index (χ1v) is 7.05. The molecule has 7 heteroatoms. The van der Waals surface area contributed by atoms with Gasteiger partial charge in [0.15, 0.2) is 0 Å². The highest BCUT2D eigenvalue weighted by atomic mass is 79.9. The van der Waals surface area contributed by atoms with Gasteiger partial charge in [-0.1, -0.05) is 0 Å². The van der Waals surface area contributed by atoms with Gasteiger partial charge < -0.3 is 10.6 Å². The Morgan fingerprint density at radius 3 is 2.75 bits per heavy atom. The van der Waals surface area contributed by atoms with Crippen LogP contribution in [0.2, 0.25) is 0 Å². The van der Waals surface area contributed by atoms with Crippen molar-refractivity contribution in [2.45, 2.75) is 25.1 Å². The van der Waals surface area contributed by atoms with Crippen LogP contribution in [-0.4, -0.2) is 25.0 Å². The lowest BCUT2D eigenvalue weighted by Crippen LogP contribution is -2.45. The molecule has 1 amide bonds. The number of carbonyl (C=O) groups is 1. The summed E-state index contributed by atoms with van der Waals surface area (Å²) in [6.45, 7) is 1.54. The van der Waals surface area contributed by atoms with Crippen LogP contribution < -0.4 is 10.6 Å². The second kappa shape index (κ2) is 6.13. The number of rotatable bonds is 2. The second-order valence-corrected chi connectivity index (χ2v) is 5.56. The Morgan fingerprint density at radius 2 is 2.15 bits per heavy atom. The van der Waals surface area contributed by atoms with Crippen LogP contribution in [0.1, 0.15) is 28.8 Å². The van der Waals surface area contributed by atoms with E-state index in [0.717, 1.165) is 31.5 Å². The molecule has 0 bridgehead atoms. The molecule has 110 valence electrons. The predicted molar refractivity (Wildman–Crippen MR) is 72.5 cm³/mol. The van der Waals surface area contributed by atoms with Crippen LogP contribution in [0.5, 0.6) is 0 Å². The molecule has 0 unspecified atom stereocenters. The molecule has 0 spiro atoms. The Bertz CT molecular complexity index is 499. The third kappa shape index (κ3) is 3.73. The Hall–Kier alpha value is -1.08. The van der Waals surface area contributed by atoms with Crippen molar-refractivity contribution < 1.29 is 18.0 Å². The summed E-state index contributed by atoms with van der Waals surface area (Å²) in [6.07, 6.45) is -2.69. The van der Waals surface area contributed by atoms with E-state index in [1.54, 1.807) is 0 Å². The molecule has 2 rings (SSSR count). The van der Waals surface area contributed by atoms with Crippen LogP contribution in [-0.2, 0) is 6.18 Å². The molecule has 20 heavy (non-hydrogen) atoms. The number of alkyl halides is 3. The van der Waals surface area contributed by atoms with Crippen molar-refractivity contribution in [1.29, 1.82) is 0 Å². The Balaban J connectivity index is 2.16. The lowest BCUT2D eigenvalue weighted by molar-refractivity contribution is -0.137. The molecule has 2 N–H and O–H groups in total. The smallest absolute Gasteiger partial charge is 0.348 e. The number of hydrogen-bond donors (Lipinski definition) is 2. The molecule has 0 radical (unpaired) electrons. The zero-order valence-corrected chi connectivity index (χ0v) is 12.1. The highest BCUT2D eigenvalue weighted by molar-refractivity contribution is 9.10. The molecular weight excluding hydrogens is 337 g/mol. The van der Waals surface area contributed by atoms with Gasteiger partial charge in [-0.25, -0.2) is 0 Å². The molecule has 1 aliphatic rings. The number of hydrogen-bond acceptors (Lipinski definition) is 2. The summed E-state index contributed by atoms with van der Waals surface area (Å²) < 4.78 is 38.3. The number of carbonyl (C=O) groups excluding carboxylic acids is 1. The average Bonchev–Trinajstić information content (AvgIpc) is 2.39. The molecule has 1 heterocycles. The third-order valence-corrected chi connectivity index (χ3v) is 3.86. The van der Waals surface area contributed by atoms with E-state index in [9.17, 15) is 18.0 Å². The highest BCUT2D eigenvalue weighted by Crippen LogP contribution is 2.31. The van der Waals surface area contributed by atoms with Gasteiger partial charge in [-0.3, -0.25) is 4.79 Å². The number of benzene rings is 1. The first-order chi connectivity index (χ1) is 9.38. The molecule has 0 aromatic heterocycles. The minimum absolute atomic E-state index is 0.00500. The Labute approximate surface area is 123 Å². The van der Waals surface area contributed by atoms with E-state index in [1.807, 2.05) is 0 Å². The molecule has 1 atom stereocenters. The van der Waals surface area contributed by atoms with Crippen molar-refractivity contribution in [2.75, 3.05) is 13.1 Å². The molecule has 3 nitrogen and oxygen atoms in total. The third-order valence-electron chi connectivity index (χ3n) is 3.17. The standard InChI is InChI=1S/C13H14BrF3N2O/c14-11-4-3-8(13(15,16)17)6-10(11)12(20)19-9-2-1-5-18-7-9/h3-4,6,9,18H,1-2,5,7H2,(H,19,20)/t9-/m0/s1. The lowest BCUT2D eigenvalue weighted by atomic mass is 10.1. The first-order valence-electron chi connectivity index (χ1n) is 6.26. The van der Waals surface area contributed by atoms with Gasteiger partial charge in [0.05, 0.1) is 11.1 Å². The van der Waals surface area contributed by atoms with Crippen molar-refractivity contribution in [3.63, 3.8) is 0 Å². The van der Waals surface area contributed by atoms with Crippen molar-refractivity contribution in [1.82, 2.24) is 10.6 Å². The summed E-state index contributed by atoms with van der Waals surface area (Å²) in [5.74, 6) is -0.489. The fourth-order valence-corrected chi connectivity index (χ4v) is 2.54.